The van der Waals surface area contributed by atoms with Gasteiger partial charge in [0.2, 0.25) is 5.91 Å². The molecule has 0 bridgehead atoms. The van der Waals surface area contributed by atoms with E-state index in [0.717, 1.165) is 65.7 Å². The van der Waals surface area contributed by atoms with E-state index in [0.29, 0.717) is 18.8 Å². The van der Waals surface area contributed by atoms with Gasteiger partial charge in [-0.15, -0.1) is 0 Å². The van der Waals surface area contributed by atoms with Gasteiger partial charge in [-0.25, -0.2) is 9.97 Å². The van der Waals surface area contributed by atoms with Crippen molar-refractivity contribution in [3.63, 3.8) is 0 Å². The molecule has 1 aliphatic rings. The van der Waals surface area contributed by atoms with Gasteiger partial charge in [0.1, 0.15) is 11.6 Å². The van der Waals surface area contributed by atoms with E-state index in [-0.39, 0.29) is 5.91 Å². The summed E-state index contributed by atoms with van der Waals surface area (Å²) >= 11 is 1.68. The number of amides is 1. The predicted molar refractivity (Wildman–Crippen MR) is 113 cm³/mol. The van der Waals surface area contributed by atoms with Gasteiger partial charge in [-0.2, -0.15) is 11.3 Å². The molecule has 0 spiro atoms. The molecule has 4 heterocycles. The fraction of sp³-hybridized carbons (Fsp3) is 0.455. The first kappa shape index (κ1) is 19.8. The molecule has 1 saturated heterocycles. The van der Waals surface area contributed by atoms with E-state index in [4.69, 9.17) is 14.5 Å². The molecule has 1 aliphatic heterocycles. The number of carbonyl (C=O) groups is 1. The number of hydrogen-bond acceptors (Lipinski definition) is 6. The molecule has 152 valence electrons. The number of aromatic nitrogens is 3. The summed E-state index contributed by atoms with van der Waals surface area (Å²) in [6.07, 6.45) is 2.99. The standard InChI is InChI=1S/C22H26N4O2S/c1-14-12-20(18-8-11-29-13-18)24-22(23-14)17-6-9-26(10-7-17)21(27)5-4-19-15(2)25-28-16(19)3/h8,11-13,17H,4-7,9-10H2,1-3H3. The van der Waals surface area contributed by atoms with Gasteiger partial charge < -0.3 is 9.42 Å². The fourth-order valence-corrected chi connectivity index (χ4v) is 4.62. The number of rotatable bonds is 5. The minimum atomic E-state index is 0.201. The van der Waals surface area contributed by atoms with Gasteiger partial charge in [-0.1, -0.05) is 5.16 Å². The highest BCUT2D eigenvalue weighted by Crippen LogP contribution is 2.29. The van der Waals surface area contributed by atoms with E-state index in [1.807, 2.05) is 31.7 Å². The molecule has 3 aromatic rings. The zero-order valence-corrected chi connectivity index (χ0v) is 18.0. The van der Waals surface area contributed by atoms with Crippen molar-refractivity contribution in [1.29, 1.82) is 0 Å². The summed E-state index contributed by atoms with van der Waals surface area (Å²) in [5.41, 5.74) is 5.07. The van der Waals surface area contributed by atoms with E-state index in [1.54, 1.807) is 11.3 Å². The number of hydrogen-bond donors (Lipinski definition) is 0. The maximum atomic E-state index is 12.7. The first-order valence-corrected chi connectivity index (χ1v) is 11.0. The summed E-state index contributed by atoms with van der Waals surface area (Å²) in [6, 6.07) is 4.13. The molecule has 0 unspecified atom stereocenters. The second-order valence-corrected chi connectivity index (χ2v) is 8.50. The molecule has 0 aliphatic carbocycles. The van der Waals surface area contributed by atoms with E-state index in [1.165, 1.54) is 0 Å². The normalized spacial score (nSPS) is 15.1. The quantitative estimate of drug-likeness (QED) is 0.621. The zero-order chi connectivity index (χ0) is 20.4. The Kier molecular flexibility index (Phi) is 5.76. The van der Waals surface area contributed by atoms with Crippen LogP contribution in [0.15, 0.2) is 27.4 Å². The number of piperidine rings is 1. The van der Waals surface area contributed by atoms with Crippen molar-refractivity contribution in [2.45, 2.75) is 52.4 Å². The largest absolute Gasteiger partial charge is 0.361 e. The Morgan fingerprint density at radius 2 is 2.03 bits per heavy atom. The smallest absolute Gasteiger partial charge is 0.222 e. The highest BCUT2D eigenvalue weighted by Gasteiger charge is 2.26. The second-order valence-electron chi connectivity index (χ2n) is 7.72. The summed E-state index contributed by atoms with van der Waals surface area (Å²) in [4.78, 5) is 24.2. The van der Waals surface area contributed by atoms with Crippen LogP contribution in [0.2, 0.25) is 0 Å². The minimum Gasteiger partial charge on any atom is -0.361 e. The van der Waals surface area contributed by atoms with Crippen molar-refractivity contribution in [2.24, 2.45) is 0 Å². The van der Waals surface area contributed by atoms with Crippen LogP contribution in [-0.2, 0) is 11.2 Å². The van der Waals surface area contributed by atoms with Crippen molar-refractivity contribution >= 4 is 17.2 Å². The number of aryl methyl sites for hydroxylation is 3. The minimum absolute atomic E-state index is 0.201. The number of carbonyl (C=O) groups excluding carboxylic acids is 1. The van der Waals surface area contributed by atoms with Crippen LogP contribution in [0, 0.1) is 20.8 Å². The average molecular weight is 411 g/mol. The molecule has 29 heavy (non-hydrogen) atoms. The van der Waals surface area contributed by atoms with Gasteiger partial charge in [0.05, 0.1) is 11.4 Å². The van der Waals surface area contributed by atoms with Gasteiger partial charge >= 0.3 is 0 Å². The predicted octanol–water partition coefficient (Wildman–Crippen LogP) is 4.46. The van der Waals surface area contributed by atoms with E-state index >= 15 is 0 Å². The van der Waals surface area contributed by atoms with Crippen molar-refractivity contribution in [1.82, 2.24) is 20.0 Å². The second kappa shape index (κ2) is 8.45. The van der Waals surface area contributed by atoms with Crippen molar-refractivity contribution in [3.05, 3.63) is 51.4 Å². The van der Waals surface area contributed by atoms with E-state index in [2.05, 4.69) is 22.0 Å². The van der Waals surface area contributed by atoms with Crippen molar-refractivity contribution < 1.29 is 9.32 Å². The first-order chi connectivity index (χ1) is 14.0. The molecule has 1 amide bonds. The highest BCUT2D eigenvalue weighted by molar-refractivity contribution is 7.08. The van der Waals surface area contributed by atoms with Crippen molar-refractivity contribution in [3.8, 4) is 11.3 Å². The van der Waals surface area contributed by atoms with Gasteiger partial charge in [0.15, 0.2) is 0 Å². The average Bonchev–Trinajstić information content (AvgIpc) is 3.36. The molecule has 4 rings (SSSR count). The summed E-state index contributed by atoms with van der Waals surface area (Å²) < 4.78 is 5.19. The zero-order valence-electron chi connectivity index (χ0n) is 17.1. The molecule has 0 N–H and O–H groups in total. The topological polar surface area (TPSA) is 72.1 Å². The Morgan fingerprint density at radius 1 is 1.24 bits per heavy atom. The monoisotopic (exact) mass is 410 g/mol. The fourth-order valence-electron chi connectivity index (χ4n) is 3.97. The van der Waals surface area contributed by atoms with Gasteiger partial charge in [0.25, 0.3) is 0 Å². The van der Waals surface area contributed by atoms with Crippen LogP contribution in [0.25, 0.3) is 11.3 Å². The lowest BCUT2D eigenvalue weighted by molar-refractivity contribution is -0.132. The van der Waals surface area contributed by atoms with Gasteiger partial charge in [-0.05, 0) is 57.5 Å². The summed E-state index contributed by atoms with van der Waals surface area (Å²) in [5, 5.41) is 8.15. The molecule has 0 aromatic carbocycles. The summed E-state index contributed by atoms with van der Waals surface area (Å²) in [6.45, 7) is 7.37. The molecule has 1 fully saturated rings. The molecule has 0 atom stereocenters. The SMILES string of the molecule is Cc1cc(-c2ccsc2)nc(C2CCN(C(=O)CCc3c(C)noc3C)CC2)n1. The Balaban J connectivity index is 1.36. The first-order valence-electron chi connectivity index (χ1n) is 10.1. The van der Waals surface area contributed by atoms with Crippen LogP contribution >= 0.6 is 11.3 Å². The van der Waals surface area contributed by atoms with Gasteiger partial charge in [-0.3, -0.25) is 4.79 Å². The Morgan fingerprint density at radius 3 is 2.69 bits per heavy atom. The van der Waals surface area contributed by atoms with Crippen LogP contribution in [0.3, 0.4) is 0 Å². The molecular weight excluding hydrogens is 384 g/mol. The third-order valence-corrected chi connectivity index (χ3v) is 6.35. The molecule has 0 radical (unpaired) electrons. The highest BCUT2D eigenvalue weighted by atomic mass is 32.1. The Bertz CT molecular complexity index is 969. The lowest BCUT2D eigenvalue weighted by Gasteiger charge is -2.31. The third kappa shape index (κ3) is 4.40. The molecule has 3 aromatic heterocycles. The maximum absolute atomic E-state index is 12.7. The molecule has 0 saturated carbocycles. The van der Waals surface area contributed by atoms with Crippen molar-refractivity contribution in [2.75, 3.05) is 13.1 Å². The van der Waals surface area contributed by atoms with Crippen LogP contribution in [0.1, 0.15) is 53.7 Å². The van der Waals surface area contributed by atoms with E-state index < -0.39 is 0 Å². The molecule has 6 nitrogen and oxygen atoms in total. The Hall–Kier alpha value is -2.54. The summed E-state index contributed by atoms with van der Waals surface area (Å²) in [7, 11) is 0. The summed E-state index contributed by atoms with van der Waals surface area (Å²) in [5.74, 6) is 2.23. The lowest BCUT2D eigenvalue weighted by Crippen LogP contribution is -2.38. The maximum Gasteiger partial charge on any atom is 0.222 e. The third-order valence-electron chi connectivity index (χ3n) is 5.67. The van der Waals surface area contributed by atoms with Crippen LogP contribution in [0.4, 0.5) is 0 Å². The van der Waals surface area contributed by atoms with Crippen LogP contribution < -0.4 is 0 Å². The molecular formula is C22H26N4O2S. The van der Waals surface area contributed by atoms with Gasteiger partial charge in [0, 0.05) is 47.6 Å². The Labute approximate surface area is 175 Å². The number of thiophene rings is 1. The number of likely N-dealkylation sites (tertiary alicyclic amines) is 1. The lowest BCUT2D eigenvalue weighted by atomic mass is 9.95. The van der Waals surface area contributed by atoms with E-state index in [9.17, 15) is 4.79 Å². The van der Waals surface area contributed by atoms with Crippen LogP contribution in [-0.4, -0.2) is 39.0 Å². The molecule has 7 heteroatoms. The van der Waals surface area contributed by atoms with Crippen LogP contribution in [0.5, 0.6) is 0 Å². The number of nitrogens with zero attached hydrogens (tertiary/aromatic N) is 4.